The molecule has 1 aromatic carbocycles. The molecule has 1 amide bonds. The van der Waals surface area contributed by atoms with Gasteiger partial charge in [-0.25, -0.2) is 9.18 Å². The van der Waals surface area contributed by atoms with E-state index in [9.17, 15) is 14.0 Å². The van der Waals surface area contributed by atoms with Crippen molar-refractivity contribution in [1.82, 2.24) is 5.32 Å². The summed E-state index contributed by atoms with van der Waals surface area (Å²) in [5.41, 5.74) is 1.92. The maximum atomic E-state index is 11.9. The Morgan fingerprint density at radius 1 is 1.44 bits per heavy atom. The van der Waals surface area contributed by atoms with Gasteiger partial charge in [0.15, 0.2) is 0 Å². The number of halogens is 1. The third-order valence-electron chi connectivity index (χ3n) is 2.32. The number of nitrogens with one attached hydrogen (secondary N) is 1. The molecule has 18 heavy (non-hydrogen) atoms. The zero-order chi connectivity index (χ0) is 13.5. The Bertz CT molecular complexity index is 483. The van der Waals surface area contributed by atoms with E-state index < -0.39 is 12.6 Å². The first-order valence-electron chi connectivity index (χ1n) is 5.40. The van der Waals surface area contributed by atoms with Crippen LogP contribution in [-0.4, -0.2) is 30.2 Å². The number of aliphatic carboxylic acids is 1. The van der Waals surface area contributed by atoms with E-state index >= 15 is 0 Å². The number of aryl methyl sites for hydroxylation is 1. The molecule has 0 fully saturated rings. The molecule has 5 heteroatoms. The van der Waals surface area contributed by atoms with Crippen LogP contribution in [0.5, 0.6) is 0 Å². The summed E-state index contributed by atoms with van der Waals surface area (Å²) >= 11 is 0. The van der Waals surface area contributed by atoms with Crippen LogP contribution in [0.1, 0.15) is 21.5 Å². The van der Waals surface area contributed by atoms with Crippen molar-refractivity contribution < 1.29 is 19.1 Å². The van der Waals surface area contributed by atoms with E-state index in [4.69, 9.17) is 5.11 Å². The summed E-state index contributed by atoms with van der Waals surface area (Å²) in [5, 5.41) is 10.9. The summed E-state index contributed by atoms with van der Waals surface area (Å²) in [7, 11) is 0. The number of benzene rings is 1. The Kier molecular flexibility index (Phi) is 5.05. The van der Waals surface area contributed by atoms with Gasteiger partial charge in [-0.15, -0.1) is 0 Å². The second kappa shape index (κ2) is 6.54. The van der Waals surface area contributed by atoms with E-state index in [0.29, 0.717) is 5.56 Å². The molecule has 0 unspecified atom stereocenters. The summed E-state index contributed by atoms with van der Waals surface area (Å²) in [5.74, 6) is -1.37. The lowest BCUT2D eigenvalue weighted by Crippen LogP contribution is -2.25. The summed E-state index contributed by atoms with van der Waals surface area (Å²) in [6.45, 7) is 1.15. The molecule has 0 aliphatic rings. The normalized spacial score (nSPS) is 10.6. The largest absolute Gasteiger partial charge is 0.478 e. The highest BCUT2D eigenvalue weighted by Gasteiger charge is 2.06. The Hall–Kier alpha value is -2.17. The number of carbonyl (C=O) groups is 2. The van der Waals surface area contributed by atoms with Crippen molar-refractivity contribution in [3.8, 4) is 0 Å². The van der Waals surface area contributed by atoms with Gasteiger partial charge in [-0.05, 0) is 36.3 Å². The molecule has 0 saturated carbocycles. The number of carboxylic acid groups (broad SMARTS) is 1. The van der Waals surface area contributed by atoms with Crippen LogP contribution in [0.15, 0.2) is 24.3 Å². The maximum absolute atomic E-state index is 11.9. The Balaban J connectivity index is 2.85. The lowest BCUT2D eigenvalue weighted by molar-refractivity contribution is -0.131. The zero-order valence-corrected chi connectivity index (χ0v) is 9.94. The standard InChI is InChI=1S/C13H14FNO3/c1-9-8-11(13(18)15-7-6-14)3-2-10(9)4-5-12(16)17/h2-5,8H,6-7H2,1H3,(H,15,18)(H,16,17)/b5-4+. The number of amides is 1. The lowest BCUT2D eigenvalue weighted by atomic mass is 10.0. The zero-order valence-electron chi connectivity index (χ0n) is 9.94. The van der Waals surface area contributed by atoms with Crippen molar-refractivity contribution in [2.45, 2.75) is 6.92 Å². The molecule has 0 aliphatic heterocycles. The minimum absolute atomic E-state index is 0.0153. The topological polar surface area (TPSA) is 66.4 Å². The smallest absolute Gasteiger partial charge is 0.328 e. The number of carbonyl (C=O) groups excluding carboxylic acids is 1. The molecule has 4 nitrogen and oxygen atoms in total. The maximum Gasteiger partial charge on any atom is 0.328 e. The minimum Gasteiger partial charge on any atom is -0.478 e. The first-order valence-corrected chi connectivity index (χ1v) is 5.40. The van der Waals surface area contributed by atoms with Gasteiger partial charge >= 0.3 is 5.97 Å². The van der Waals surface area contributed by atoms with Crippen molar-refractivity contribution in [2.75, 3.05) is 13.2 Å². The third-order valence-corrected chi connectivity index (χ3v) is 2.32. The Labute approximate surface area is 104 Å². The third kappa shape index (κ3) is 4.01. The number of alkyl halides is 1. The quantitative estimate of drug-likeness (QED) is 0.784. The molecular weight excluding hydrogens is 237 g/mol. The Morgan fingerprint density at radius 3 is 2.72 bits per heavy atom. The second-order valence-corrected chi connectivity index (χ2v) is 3.69. The predicted molar refractivity (Wildman–Crippen MR) is 66.2 cm³/mol. The van der Waals surface area contributed by atoms with Gasteiger partial charge in [-0.2, -0.15) is 0 Å². The van der Waals surface area contributed by atoms with Crippen LogP contribution in [0, 0.1) is 6.92 Å². The highest BCUT2D eigenvalue weighted by molar-refractivity contribution is 5.95. The van der Waals surface area contributed by atoms with E-state index in [0.717, 1.165) is 17.2 Å². The van der Waals surface area contributed by atoms with E-state index in [1.165, 1.54) is 6.08 Å². The van der Waals surface area contributed by atoms with E-state index in [1.54, 1.807) is 25.1 Å². The fourth-order valence-electron chi connectivity index (χ4n) is 1.43. The average Bonchev–Trinajstić information content (AvgIpc) is 2.34. The number of hydrogen-bond acceptors (Lipinski definition) is 2. The fraction of sp³-hybridized carbons (Fsp3) is 0.231. The average molecular weight is 251 g/mol. The van der Waals surface area contributed by atoms with Gasteiger partial charge in [0, 0.05) is 18.2 Å². The van der Waals surface area contributed by atoms with Crippen molar-refractivity contribution in [3.63, 3.8) is 0 Å². The number of rotatable bonds is 5. The first-order chi connectivity index (χ1) is 8.54. The van der Waals surface area contributed by atoms with Gasteiger partial charge in [0.05, 0.1) is 0 Å². The van der Waals surface area contributed by atoms with Gasteiger partial charge in [-0.1, -0.05) is 6.07 Å². The van der Waals surface area contributed by atoms with Gasteiger partial charge in [-0.3, -0.25) is 4.79 Å². The molecule has 1 rings (SSSR count). The monoisotopic (exact) mass is 251 g/mol. The second-order valence-electron chi connectivity index (χ2n) is 3.69. The molecule has 0 aliphatic carbocycles. The lowest BCUT2D eigenvalue weighted by Gasteiger charge is -2.05. The van der Waals surface area contributed by atoms with Gasteiger partial charge in [0.25, 0.3) is 5.91 Å². The molecule has 2 N–H and O–H groups in total. The van der Waals surface area contributed by atoms with Crippen LogP contribution in [0.3, 0.4) is 0 Å². The van der Waals surface area contributed by atoms with Gasteiger partial charge in [0.2, 0.25) is 0 Å². The number of hydrogen-bond donors (Lipinski definition) is 2. The van der Waals surface area contributed by atoms with Crippen LogP contribution in [-0.2, 0) is 4.79 Å². The molecule has 96 valence electrons. The van der Waals surface area contributed by atoms with Crippen molar-refractivity contribution in [1.29, 1.82) is 0 Å². The molecule has 1 aromatic rings. The van der Waals surface area contributed by atoms with Crippen LogP contribution < -0.4 is 5.32 Å². The molecule has 0 aromatic heterocycles. The molecule has 0 spiro atoms. The van der Waals surface area contributed by atoms with E-state index in [-0.39, 0.29) is 12.5 Å². The summed E-state index contributed by atoms with van der Waals surface area (Å²) < 4.78 is 11.9. The van der Waals surface area contributed by atoms with Crippen molar-refractivity contribution in [3.05, 3.63) is 41.0 Å². The molecule has 0 radical (unpaired) electrons. The van der Waals surface area contributed by atoms with Crippen LogP contribution in [0.2, 0.25) is 0 Å². The van der Waals surface area contributed by atoms with Gasteiger partial charge < -0.3 is 10.4 Å². The van der Waals surface area contributed by atoms with Crippen LogP contribution in [0.25, 0.3) is 6.08 Å². The molecule has 0 heterocycles. The van der Waals surface area contributed by atoms with Gasteiger partial charge in [0.1, 0.15) is 6.67 Å². The summed E-state index contributed by atoms with van der Waals surface area (Å²) in [4.78, 5) is 21.9. The first kappa shape index (κ1) is 13.9. The molecular formula is C13H14FNO3. The summed E-state index contributed by atoms with van der Waals surface area (Å²) in [6.07, 6.45) is 2.49. The molecule has 0 atom stereocenters. The molecule has 0 bridgehead atoms. The predicted octanol–water partition coefficient (Wildman–Crippen LogP) is 1.79. The van der Waals surface area contributed by atoms with Crippen molar-refractivity contribution in [2.24, 2.45) is 0 Å². The minimum atomic E-state index is -1.03. The van der Waals surface area contributed by atoms with Crippen molar-refractivity contribution >= 4 is 18.0 Å². The van der Waals surface area contributed by atoms with E-state index in [1.807, 2.05) is 0 Å². The molecule has 0 saturated heterocycles. The summed E-state index contributed by atoms with van der Waals surface area (Å²) in [6, 6.07) is 4.86. The SMILES string of the molecule is Cc1cc(C(=O)NCCF)ccc1/C=C/C(=O)O. The van der Waals surface area contributed by atoms with Crippen LogP contribution in [0.4, 0.5) is 4.39 Å². The highest BCUT2D eigenvalue weighted by atomic mass is 19.1. The fourth-order valence-corrected chi connectivity index (χ4v) is 1.43. The van der Waals surface area contributed by atoms with E-state index in [2.05, 4.69) is 5.32 Å². The van der Waals surface area contributed by atoms with Crippen LogP contribution >= 0.6 is 0 Å². The highest BCUT2D eigenvalue weighted by Crippen LogP contribution is 2.12. The Morgan fingerprint density at radius 2 is 2.17 bits per heavy atom. The number of carboxylic acids is 1.